The Labute approximate surface area is 335 Å². The second-order valence-corrected chi connectivity index (χ2v) is 16.3. The van der Waals surface area contributed by atoms with Gasteiger partial charge in [-0.05, 0) is 81.7 Å². The van der Waals surface area contributed by atoms with Crippen molar-refractivity contribution in [1.82, 2.24) is 18.4 Å². The van der Waals surface area contributed by atoms with E-state index in [0.717, 1.165) is 22.4 Å². The van der Waals surface area contributed by atoms with Gasteiger partial charge in [-0.25, -0.2) is 4.98 Å². The van der Waals surface area contributed by atoms with Gasteiger partial charge < -0.3 is 8.97 Å². The highest BCUT2D eigenvalue weighted by Gasteiger charge is 2.27. The van der Waals surface area contributed by atoms with Crippen LogP contribution in [0.1, 0.15) is 0 Å². The Balaban J connectivity index is 1.15. The quantitative estimate of drug-likeness (QED) is 0.173. The number of aromatic nitrogens is 4. The molecule has 0 amide bonds. The molecule has 0 spiro atoms. The van der Waals surface area contributed by atoms with E-state index in [4.69, 9.17) is 4.98 Å². The molecule has 9 aromatic carbocycles. The van der Waals surface area contributed by atoms with Gasteiger partial charge in [-0.2, -0.15) is 0 Å². The van der Waals surface area contributed by atoms with Gasteiger partial charge in [0.2, 0.25) is 0 Å². The van der Waals surface area contributed by atoms with Crippen LogP contribution in [0.5, 0.6) is 0 Å². The number of benzene rings is 9. The number of pyridine rings is 1. The van der Waals surface area contributed by atoms with Crippen molar-refractivity contribution in [2.75, 3.05) is 0 Å². The van der Waals surface area contributed by atoms with Gasteiger partial charge in [0.25, 0.3) is 0 Å². The van der Waals surface area contributed by atoms with Gasteiger partial charge in [-0.3, -0.25) is 4.40 Å². The lowest BCUT2D eigenvalue weighted by Gasteiger charge is -2.11. The summed E-state index contributed by atoms with van der Waals surface area (Å²) in [5.74, 6) is 0. The first-order chi connectivity index (χ1) is 29.3. The van der Waals surface area contributed by atoms with Crippen molar-refractivity contribution in [3.05, 3.63) is 182 Å². The summed E-state index contributed by atoms with van der Waals surface area (Å²) in [5.41, 5.74) is 14.1. The second kappa shape index (κ2) is 10.5. The molecule has 0 atom stereocenters. The summed E-state index contributed by atoms with van der Waals surface area (Å²) < 4.78 is 7.37. The standard InChI is InChI=1S/C55H30N4/c1-2-15-34(16-3-1)57-45-23-10-9-20-38(45)42-28-33(25-26-47(42)57)41-27-31-13-4-6-17-35(31)49-44-29-32-14-5-7-18-36(32)50-51-48(58(53(41)49)54(44)50)30-43-40-22-12-21-39-37-19-8-11-24-46(37)59(52(39)40)55(43)56-51/h1-30H. The summed E-state index contributed by atoms with van der Waals surface area (Å²) in [5, 5.41) is 16.2. The monoisotopic (exact) mass is 746 g/mol. The van der Waals surface area contributed by atoms with Gasteiger partial charge >= 0.3 is 0 Å². The molecule has 0 fully saturated rings. The molecule has 6 aromatic heterocycles. The van der Waals surface area contributed by atoms with Crippen molar-refractivity contribution in [3.8, 4) is 16.8 Å². The zero-order valence-electron chi connectivity index (χ0n) is 31.6. The maximum Gasteiger partial charge on any atom is 0.146 e. The van der Waals surface area contributed by atoms with E-state index in [1.807, 2.05) is 0 Å². The maximum atomic E-state index is 5.78. The van der Waals surface area contributed by atoms with Gasteiger partial charge in [0.1, 0.15) is 5.65 Å². The average Bonchev–Trinajstić information content (AvgIpc) is 4.08. The Bertz CT molecular complexity index is 4300. The fourth-order valence-corrected chi connectivity index (χ4v) is 11.1. The molecule has 0 aliphatic carbocycles. The molecule has 0 saturated carbocycles. The number of nitrogens with zero attached hydrogens (tertiary/aromatic N) is 4. The van der Waals surface area contributed by atoms with E-state index in [2.05, 4.69) is 195 Å². The van der Waals surface area contributed by atoms with E-state index in [0.29, 0.717) is 0 Å². The van der Waals surface area contributed by atoms with Crippen LogP contribution in [0.25, 0.3) is 137 Å². The van der Waals surface area contributed by atoms with Gasteiger partial charge in [-0.1, -0.05) is 127 Å². The first-order valence-electron chi connectivity index (χ1n) is 20.4. The van der Waals surface area contributed by atoms with Crippen LogP contribution in [0.4, 0.5) is 0 Å². The molecule has 6 heterocycles. The zero-order valence-corrected chi connectivity index (χ0v) is 31.6. The van der Waals surface area contributed by atoms with Crippen molar-refractivity contribution in [2.24, 2.45) is 0 Å². The molecule has 0 aliphatic heterocycles. The Morgan fingerprint density at radius 1 is 0.339 bits per heavy atom. The Morgan fingerprint density at radius 2 is 0.966 bits per heavy atom. The minimum absolute atomic E-state index is 1.01. The van der Waals surface area contributed by atoms with E-state index in [1.54, 1.807) is 0 Å². The maximum absolute atomic E-state index is 5.78. The summed E-state index contributed by atoms with van der Waals surface area (Å²) >= 11 is 0. The molecule has 0 aliphatic rings. The van der Waals surface area contributed by atoms with Crippen molar-refractivity contribution in [1.29, 1.82) is 0 Å². The highest BCUT2D eigenvalue weighted by atomic mass is 15.0. The second-order valence-electron chi connectivity index (χ2n) is 16.3. The summed E-state index contributed by atoms with van der Waals surface area (Å²) in [6.07, 6.45) is 0. The third kappa shape index (κ3) is 3.60. The highest BCUT2D eigenvalue weighted by molar-refractivity contribution is 6.36. The molecule has 0 bridgehead atoms. The molecule has 0 N–H and O–H groups in total. The van der Waals surface area contributed by atoms with Gasteiger partial charge in [0.05, 0.1) is 44.1 Å². The van der Waals surface area contributed by atoms with Crippen LogP contribution in [0.3, 0.4) is 0 Å². The zero-order chi connectivity index (χ0) is 38.1. The first kappa shape index (κ1) is 30.2. The molecule has 4 nitrogen and oxygen atoms in total. The van der Waals surface area contributed by atoms with Crippen molar-refractivity contribution < 1.29 is 0 Å². The topological polar surface area (TPSA) is 26.6 Å². The van der Waals surface area contributed by atoms with Crippen molar-refractivity contribution >= 4 is 120 Å². The van der Waals surface area contributed by atoms with Crippen LogP contribution >= 0.6 is 0 Å². The fourth-order valence-electron chi connectivity index (χ4n) is 11.1. The molecule has 15 rings (SSSR count). The highest BCUT2D eigenvalue weighted by Crippen LogP contribution is 2.49. The third-order valence-electron chi connectivity index (χ3n) is 13.4. The molecule has 270 valence electrons. The lowest BCUT2D eigenvalue weighted by atomic mass is 9.94. The minimum Gasteiger partial charge on any atom is -0.309 e. The summed E-state index contributed by atoms with van der Waals surface area (Å²) in [6, 6.07) is 67.2. The van der Waals surface area contributed by atoms with Crippen LogP contribution < -0.4 is 0 Å². The number of para-hydroxylation sites is 4. The number of hydrogen-bond donors (Lipinski definition) is 0. The smallest absolute Gasteiger partial charge is 0.146 e. The predicted octanol–water partition coefficient (Wildman–Crippen LogP) is 14.5. The van der Waals surface area contributed by atoms with E-state index in [9.17, 15) is 0 Å². The Morgan fingerprint density at radius 3 is 1.78 bits per heavy atom. The lowest BCUT2D eigenvalue weighted by molar-refractivity contribution is 1.18. The minimum atomic E-state index is 1.01. The predicted molar refractivity (Wildman–Crippen MR) is 248 cm³/mol. The average molecular weight is 747 g/mol. The number of hydrogen-bond acceptors (Lipinski definition) is 1. The summed E-state index contributed by atoms with van der Waals surface area (Å²) in [7, 11) is 0. The van der Waals surface area contributed by atoms with E-state index < -0.39 is 0 Å². The third-order valence-corrected chi connectivity index (χ3v) is 13.4. The van der Waals surface area contributed by atoms with E-state index in [1.165, 1.54) is 114 Å². The van der Waals surface area contributed by atoms with E-state index in [-0.39, 0.29) is 0 Å². The molecule has 0 radical (unpaired) electrons. The number of rotatable bonds is 2. The van der Waals surface area contributed by atoms with Crippen molar-refractivity contribution in [2.45, 2.75) is 0 Å². The van der Waals surface area contributed by atoms with Gasteiger partial charge in [-0.15, -0.1) is 0 Å². The van der Waals surface area contributed by atoms with Gasteiger partial charge in [0, 0.05) is 59.7 Å². The van der Waals surface area contributed by atoms with Crippen LogP contribution in [0.15, 0.2) is 182 Å². The first-order valence-corrected chi connectivity index (χ1v) is 20.4. The Kier molecular flexibility index (Phi) is 5.38. The lowest BCUT2D eigenvalue weighted by Crippen LogP contribution is -1.93. The van der Waals surface area contributed by atoms with Crippen molar-refractivity contribution in [3.63, 3.8) is 0 Å². The molecular formula is C55H30N4. The van der Waals surface area contributed by atoms with Gasteiger partial charge in [0.15, 0.2) is 0 Å². The molecule has 4 heteroatoms. The summed E-state index contributed by atoms with van der Waals surface area (Å²) in [4.78, 5) is 5.78. The Hall–Kier alpha value is -7.95. The van der Waals surface area contributed by atoms with E-state index >= 15 is 0 Å². The van der Waals surface area contributed by atoms with Crippen LogP contribution in [0.2, 0.25) is 0 Å². The van der Waals surface area contributed by atoms with Crippen LogP contribution in [-0.4, -0.2) is 18.4 Å². The fraction of sp³-hybridized carbons (Fsp3) is 0. The summed E-state index contributed by atoms with van der Waals surface area (Å²) in [6.45, 7) is 0. The molecule has 15 aromatic rings. The molecule has 59 heavy (non-hydrogen) atoms. The van der Waals surface area contributed by atoms with Crippen LogP contribution in [-0.2, 0) is 0 Å². The number of fused-ring (bicyclic) bond motifs is 19. The normalized spacial score (nSPS) is 12.7. The molecule has 0 unspecified atom stereocenters. The largest absolute Gasteiger partial charge is 0.309 e. The molecular weight excluding hydrogens is 717 g/mol. The molecule has 0 saturated heterocycles. The van der Waals surface area contributed by atoms with Crippen LogP contribution in [0, 0.1) is 0 Å². The SMILES string of the molecule is c1ccc(-n2c3ccccc3c3cc(-c4cc5ccccc5c5c6cc7ccccc7c7c8nc9c(cc8n(c45)c67)c4cccc5c6ccccc6n9c54)ccc32)cc1.